The van der Waals surface area contributed by atoms with Crippen LogP contribution in [0.2, 0.25) is 0 Å². The molecule has 1 aromatic carbocycles. The van der Waals surface area contributed by atoms with E-state index >= 15 is 0 Å². The van der Waals surface area contributed by atoms with E-state index in [0.717, 1.165) is 16.6 Å². The van der Waals surface area contributed by atoms with Gasteiger partial charge in [-0.15, -0.1) is 0 Å². The molecule has 1 aliphatic carbocycles. The van der Waals surface area contributed by atoms with E-state index in [1.54, 1.807) is 24.4 Å². The first-order chi connectivity index (χ1) is 18.6. The van der Waals surface area contributed by atoms with Crippen LogP contribution in [0.15, 0.2) is 59.5 Å². The highest BCUT2D eigenvalue weighted by molar-refractivity contribution is 9.10. The van der Waals surface area contributed by atoms with Crippen molar-refractivity contribution in [1.82, 2.24) is 14.9 Å². The molecule has 2 aliphatic rings. The molecule has 9 nitrogen and oxygen atoms in total. The summed E-state index contributed by atoms with van der Waals surface area (Å²) in [5.74, 6) is -3.30. The van der Waals surface area contributed by atoms with E-state index in [2.05, 4.69) is 31.2 Å². The summed E-state index contributed by atoms with van der Waals surface area (Å²) in [5, 5.41) is 21.5. The van der Waals surface area contributed by atoms with Gasteiger partial charge < -0.3 is 20.1 Å². The van der Waals surface area contributed by atoms with Crippen LogP contribution in [-0.2, 0) is 4.79 Å². The quantitative estimate of drug-likeness (QED) is 0.369. The fourth-order valence-corrected chi connectivity index (χ4v) is 4.87. The Labute approximate surface area is 230 Å². The number of carbonyl (C=O) groups is 2. The number of aromatic nitrogens is 2. The maximum Gasteiger partial charge on any atom is 0.407 e. The summed E-state index contributed by atoms with van der Waals surface area (Å²) < 4.78 is 35.3. The van der Waals surface area contributed by atoms with Crippen LogP contribution in [0.4, 0.5) is 19.4 Å². The number of ether oxygens (including phenoxy) is 1. The number of likely N-dealkylation sites (tertiary alicyclic amines) is 1. The summed E-state index contributed by atoms with van der Waals surface area (Å²) in [5.41, 5.74) is 2.31. The van der Waals surface area contributed by atoms with Crippen molar-refractivity contribution in [3.05, 3.63) is 70.6 Å². The van der Waals surface area contributed by atoms with Gasteiger partial charge in [0.2, 0.25) is 5.91 Å². The molecule has 1 saturated carbocycles. The number of piperidine rings is 1. The Morgan fingerprint density at radius 1 is 1.18 bits per heavy atom. The molecule has 3 heterocycles. The molecular weight excluding hydrogens is 576 g/mol. The minimum atomic E-state index is -3.41. The summed E-state index contributed by atoms with van der Waals surface area (Å²) >= 11 is 3.30. The molecular formula is C27H22BrF2N5O4. The predicted molar refractivity (Wildman–Crippen MR) is 139 cm³/mol. The standard InChI is InChI=1S/C27H22BrF2N5O4/c28-23-4-2-17(13-33-23)19-11-20(19)25(36)34-24-10-16(5-7-32-24)15-1-3-21(18(9-15)12-31)39-22-6-8-35(26(37)38)14-27(22,29)30/h1-5,7,9-10,13,19-20,22H,6,8,11,14H2,(H,37,38)(H,32,34,36)/t19-,20+,22-/m0/s1. The van der Waals surface area contributed by atoms with E-state index < -0.39 is 24.7 Å². The number of anilines is 1. The number of amides is 2. The number of nitrogens with zero attached hydrogens (tertiary/aromatic N) is 4. The Bertz CT molecular complexity index is 1460. The van der Waals surface area contributed by atoms with Crippen LogP contribution in [0.3, 0.4) is 0 Å². The molecule has 200 valence electrons. The van der Waals surface area contributed by atoms with Crippen LogP contribution in [0.25, 0.3) is 11.1 Å². The third-order valence-corrected chi connectivity index (χ3v) is 7.29. The minimum absolute atomic E-state index is 0.0144. The number of rotatable bonds is 6. The molecule has 2 N–H and O–H groups in total. The number of halogens is 3. The van der Waals surface area contributed by atoms with Crippen LogP contribution in [-0.4, -0.2) is 57.1 Å². The summed E-state index contributed by atoms with van der Waals surface area (Å²) in [4.78, 5) is 32.9. The highest BCUT2D eigenvalue weighted by atomic mass is 79.9. The molecule has 0 spiro atoms. The van der Waals surface area contributed by atoms with Crippen molar-refractivity contribution in [2.45, 2.75) is 30.8 Å². The third-order valence-electron chi connectivity index (χ3n) is 6.82. The van der Waals surface area contributed by atoms with Crippen LogP contribution in [0.5, 0.6) is 5.75 Å². The van der Waals surface area contributed by atoms with E-state index in [0.29, 0.717) is 21.8 Å². The molecule has 5 rings (SSSR count). The number of nitrogens with one attached hydrogen (secondary N) is 1. The molecule has 1 saturated heterocycles. The number of carbonyl (C=O) groups excluding carboxylic acids is 1. The van der Waals surface area contributed by atoms with Gasteiger partial charge in [0.25, 0.3) is 0 Å². The SMILES string of the molecule is N#Cc1cc(-c2ccnc(NC(=O)[C@@H]3C[C@H]3c3ccc(Br)nc3)c2)ccc1O[C@H]1CCN(C(=O)O)CC1(F)F. The Balaban J connectivity index is 1.27. The van der Waals surface area contributed by atoms with Crippen LogP contribution < -0.4 is 10.1 Å². The van der Waals surface area contributed by atoms with Gasteiger partial charge >= 0.3 is 12.0 Å². The number of nitriles is 1. The average Bonchev–Trinajstić information content (AvgIpc) is 3.71. The molecule has 12 heteroatoms. The van der Waals surface area contributed by atoms with Gasteiger partial charge in [0.1, 0.15) is 22.2 Å². The van der Waals surface area contributed by atoms with Crippen molar-refractivity contribution in [1.29, 1.82) is 5.26 Å². The number of benzene rings is 1. The van der Waals surface area contributed by atoms with Crippen LogP contribution in [0, 0.1) is 17.2 Å². The van der Waals surface area contributed by atoms with Crippen molar-refractivity contribution in [3.63, 3.8) is 0 Å². The normalized spacial score (nSPS) is 21.5. The first-order valence-electron chi connectivity index (χ1n) is 12.1. The van der Waals surface area contributed by atoms with Crippen molar-refractivity contribution in [2.75, 3.05) is 18.4 Å². The maximum absolute atomic E-state index is 14.5. The number of pyridine rings is 2. The van der Waals surface area contributed by atoms with Gasteiger partial charge in [-0.3, -0.25) is 4.79 Å². The molecule has 39 heavy (non-hydrogen) atoms. The Morgan fingerprint density at radius 3 is 2.67 bits per heavy atom. The number of carboxylic acid groups (broad SMARTS) is 1. The van der Waals surface area contributed by atoms with E-state index in [-0.39, 0.29) is 42.0 Å². The van der Waals surface area contributed by atoms with Crippen molar-refractivity contribution in [2.24, 2.45) is 5.92 Å². The molecule has 2 amide bonds. The zero-order valence-corrected chi connectivity index (χ0v) is 21.9. The highest BCUT2D eigenvalue weighted by Gasteiger charge is 2.48. The van der Waals surface area contributed by atoms with Gasteiger partial charge in [-0.25, -0.2) is 23.5 Å². The molecule has 3 atom stereocenters. The van der Waals surface area contributed by atoms with Crippen molar-refractivity contribution >= 4 is 33.7 Å². The van der Waals surface area contributed by atoms with Gasteiger partial charge in [0, 0.05) is 31.3 Å². The van der Waals surface area contributed by atoms with E-state index in [1.807, 2.05) is 18.2 Å². The summed E-state index contributed by atoms with van der Waals surface area (Å²) in [7, 11) is 0. The molecule has 0 bridgehead atoms. The lowest BCUT2D eigenvalue weighted by molar-refractivity contribution is -0.133. The predicted octanol–water partition coefficient (Wildman–Crippen LogP) is 5.29. The van der Waals surface area contributed by atoms with E-state index in [9.17, 15) is 23.6 Å². The van der Waals surface area contributed by atoms with Gasteiger partial charge in [-0.05, 0) is 75.3 Å². The highest BCUT2D eigenvalue weighted by Crippen LogP contribution is 2.48. The summed E-state index contributed by atoms with van der Waals surface area (Å²) in [6.45, 7) is -1.07. The monoisotopic (exact) mass is 597 g/mol. The molecule has 0 radical (unpaired) electrons. The Kier molecular flexibility index (Phi) is 7.18. The Hall–Kier alpha value is -4.11. The van der Waals surface area contributed by atoms with Crippen LogP contribution in [0.1, 0.15) is 29.9 Å². The largest absolute Gasteiger partial charge is 0.483 e. The second-order valence-electron chi connectivity index (χ2n) is 9.47. The average molecular weight is 598 g/mol. The lowest BCUT2D eigenvalue weighted by Gasteiger charge is -2.36. The number of alkyl halides is 2. The van der Waals surface area contributed by atoms with Gasteiger partial charge in [0.05, 0.1) is 12.1 Å². The smallest absolute Gasteiger partial charge is 0.407 e. The van der Waals surface area contributed by atoms with Gasteiger partial charge in [-0.2, -0.15) is 5.26 Å². The number of hydrogen-bond acceptors (Lipinski definition) is 6. The molecule has 2 aromatic heterocycles. The van der Waals surface area contributed by atoms with Gasteiger partial charge in [-0.1, -0.05) is 12.1 Å². The zero-order valence-electron chi connectivity index (χ0n) is 20.4. The van der Waals surface area contributed by atoms with Crippen molar-refractivity contribution in [3.8, 4) is 22.9 Å². The first-order valence-corrected chi connectivity index (χ1v) is 12.9. The van der Waals surface area contributed by atoms with Gasteiger partial charge in [0.15, 0.2) is 6.10 Å². The summed E-state index contributed by atoms with van der Waals surface area (Å²) in [6.07, 6.45) is 0.813. The fourth-order valence-electron chi connectivity index (χ4n) is 4.64. The molecule has 1 aliphatic heterocycles. The lowest BCUT2D eigenvalue weighted by Crippen LogP contribution is -2.55. The van der Waals surface area contributed by atoms with E-state index in [4.69, 9.17) is 9.84 Å². The van der Waals surface area contributed by atoms with Crippen LogP contribution >= 0.6 is 15.9 Å². The number of hydrogen-bond donors (Lipinski definition) is 2. The zero-order chi connectivity index (χ0) is 27.7. The van der Waals surface area contributed by atoms with E-state index in [1.165, 1.54) is 18.3 Å². The Morgan fingerprint density at radius 2 is 1.97 bits per heavy atom. The third kappa shape index (κ3) is 5.83. The second kappa shape index (κ2) is 10.6. The minimum Gasteiger partial charge on any atom is -0.483 e. The lowest BCUT2D eigenvalue weighted by atomic mass is 10.0. The first kappa shape index (κ1) is 26.5. The topological polar surface area (TPSA) is 128 Å². The second-order valence-corrected chi connectivity index (χ2v) is 10.3. The maximum atomic E-state index is 14.5. The molecule has 3 aromatic rings. The summed E-state index contributed by atoms with van der Waals surface area (Å²) in [6, 6.07) is 13.7. The molecule has 0 unspecified atom stereocenters. The molecule has 2 fully saturated rings. The van der Waals surface area contributed by atoms with Crippen molar-refractivity contribution < 1.29 is 28.2 Å². The fraction of sp³-hybridized carbons (Fsp3) is 0.296.